The van der Waals surface area contributed by atoms with Crippen LogP contribution in [0.1, 0.15) is 36.2 Å². The van der Waals surface area contributed by atoms with Crippen LogP contribution < -0.4 is 0 Å². The standard InChI is InChI=1S/C17H23N3O4/c21-15(18-6-2-1-3-7-18)13-16(22)19-8-10-20(11-9-19)17(23)14-5-4-12-24-14/h4-5,12H,1-3,6-11,13H2. The summed E-state index contributed by atoms with van der Waals surface area (Å²) in [7, 11) is 0. The topological polar surface area (TPSA) is 74.1 Å². The van der Waals surface area contributed by atoms with Gasteiger partial charge in [0.05, 0.1) is 6.26 Å². The molecule has 0 spiro atoms. The number of amides is 3. The van der Waals surface area contributed by atoms with Crippen molar-refractivity contribution in [1.29, 1.82) is 0 Å². The van der Waals surface area contributed by atoms with E-state index in [0.717, 1.165) is 32.4 Å². The second-order valence-corrected chi connectivity index (χ2v) is 6.27. The van der Waals surface area contributed by atoms with Gasteiger partial charge < -0.3 is 19.1 Å². The fraction of sp³-hybridized carbons (Fsp3) is 0.588. The molecular weight excluding hydrogens is 310 g/mol. The molecule has 0 aliphatic carbocycles. The highest BCUT2D eigenvalue weighted by Crippen LogP contribution is 2.13. The van der Waals surface area contributed by atoms with Crippen molar-refractivity contribution in [1.82, 2.24) is 14.7 Å². The summed E-state index contributed by atoms with van der Waals surface area (Å²) in [6.07, 6.45) is 4.61. The molecule has 1 aromatic heterocycles. The molecule has 2 fully saturated rings. The van der Waals surface area contributed by atoms with E-state index >= 15 is 0 Å². The first kappa shape index (κ1) is 16.5. The molecule has 3 heterocycles. The van der Waals surface area contributed by atoms with Crippen molar-refractivity contribution in [2.45, 2.75) is 25.7 Å². The van der Waals surface area contributed by atoms with E-state index in [2.05, 4.69) is 0 Å². The molecule has 2 saturated heterocycles. The Morgan fingerprint density at radius 3 is 2.00 bits per heavy atom. The Labute approximate surface area is 141 Å². The molecule has 24 heavy (non-hydrogen) atoms. The lowest BCUT2D eigenvalue weighted by Gasteiger charge is -2.35. The molecule has 2 aliphatic heterocycles. The molecule has 3 amide bonds. The van der Waals surface area contributed by atoms with Crippen molar-refractivity contribution in [2.75, 3.05) is 39.3 Å². The zero-order valence-electron chi connectivity index (χ0n) is 13.8. The van der Waals surface area contributed by atoms with Gasteiger partial charge in [0.1, 0.15) is 6.42 Å². The molecule has 0 aromatic carbocycles. The van der Waals surface area contributed by atoms with E-state index in [9.17, 15) is 14.4 Å². The van der Waals surface area contributed by atoms with Gasteiger partial charge in [0, 0.05) is 39.3 Å². The lowest BCUT2D eigenvalue weighted by molar-refractivity contribution is -0.141. The first-order valence-corrected chi connectivity index (χ1v) is 8.53. The molecule has 0 unspecified atom stereocenters. The van der Waals surface area contributed by atoms with Crippen LogP contribution in [0.4, 0.5) is 0 Å². The molecule has 7 heteroatoms. The van der Waals surface area contributed by atoms with E-state index in [4.69, 9.17) is 4.42 Å². The fourth-order valence-corrected chi connectivity index (χ4v) is 3.21. The number of furan rings is 1. The third-order valence-corrected chi connectivity index (χ3v) is 4.66. The van der Waals surface area contributed by atoms with E-state index < -0.39 is 0 Å². The van der Waals surface area contributed by atoms with E-state index in [1.165, 1.54) is 6.26 Å². The zero-order valence-corrected chi connectivity index (χ0v) is 13.8. The molecule has 0 radical (unpaired) electrons. The summed E-state index contributed by atoms with van der Waals surface area (Å²) in [5.74, 6) is -0.0593. The fourth-order valence-electron chi connectivity index (χ4n) is 3.21. The van der Waals surface area contributed by atoms with Crippen molar-refractivity contribution >= 4 is 17.7 Å². The van der Waals surface area contributed by atoms with E-state index in [-0.39, 0.29) is 24.1 Å². The minimum absolute atomic E-state index is 0.0634. The summed E-state index contributed by atoms with van der Waals surface area (Å²) in [5, 5.41) is 0. The first-order valence-electron chi connectivity index (χ1n) is 8.53. The van der Waals surface area contributed by atoms with Gasteiger partial charge in [-0.25, -0.2) is 0 Å². The van der Waals surface area contributed by atoms with E-state index in [1.807, 2.05) is 0 Å². The van der Waals surface area contributed by atoms with Crippen molar-refractivity contribution in [2.24, 2.45) is 0 Å². The largest absolute Gasteiger partial charge is 0.459 e. The smallest absolute Gasteiger partial charge is 0.289 e. The van der Waals surface area contributed by atoms with Gasteiger partial charge in [-0.05, 0) is 31.4 Å². The number of rotatable bonds is 3. The van der Waals surface area contributed by atoms with Gasteiger partial charge in [-0.15, -0.1) is 0 Å². The molecule has 0 saturated carbocycles. The van der Waals surface area contributed by atoms with Gasteiger partial charge in [-0.1, -0.05) is 0 Å². The van der Waals surface area contributed by atoms with Crippen LogP contribution in [0.15, 0.2) is 22.8 Å². The molecular formula is C17H23N3O4. The molecule has 7 nitrogen and oxygen atoms in total. The number of likely N-dealkylation sites (tertiary alicyclic amines) is 1. The predicted molar refractivity (Wildman–Crippen MR) is 86.2 cm³/mol. The molecule has 3 rings (SSSR count). The Hall–Kier alpha value is -2.31. The molecule has 2 aliphatic rings. The van der Waals surface area contributed by atoms with Gasteiger partial charge >= 0.3 is 0 Å². The summed E-state index contributed by atoms with van der Waals surface area (Å²) in [6, 6.07) is 3.32. The van der Waals surface area contributed by atoms with Crippen LogP contribution in [0, 0.1) is 0 Å². The monoisotopic (exact) mass is 333 g/mol. The van der Waals surface area contributed by atoms with Crippen LogP contribution in [0.25, 0.3) is 0 Å². The Morgan fingerprint density at radius 1 is 0.833 bits per heavy atom. The number of piperidine rings is 1. The Kier molecular flexibility index (Phi) is 5.17. The average Bonchev–Trinajstić information content (AvgIpc) is 3.16. The van der Waals surface area contributed by atoms with Crippen LogP contribution in [0.2, 0.25) is 0 Å². The number of nitrogens with zero attached hydrogens (tertiary/aromatic N) is 3. The third-order valence-electron chi connectivity index (χ3n) is 4.66. The van der Waals surface area contributed by atoms with Crippen molar-refractivity contribution < 1.29 is 18.8 Å². The predicted octanol–water partition coefficient (Wildman–Crippen LogP) is 0.967. The van der Waals surface area contributed by atoms with Crippen LogP contribution >= 0.6 is 0 Å². The second kappa shape index (κ2) is 7.51. The first-order chi connectivity index (χ1) is 11.6. The molecule has 1 aromatic rings. The number of piperazine rings is 1. The summed E-state index contributed by atoms with van der Waals surface area (Å²) < 4.78 is 5.12. The van der Waals surface area contributed by atoms with E-state index in [0.29, 0.717) is 31.9 Å². The summed E-state index contributed by atoms with van der Waals surface area (Å²) in [5.41, 5.74) is 0. The second-order valence-electron chi connectivity index (χ2n) is 6.27. The lowest BCUT2D eigenvalue weighted by Crippen LogP contribution is -2.51. The summed E-state index contributed by atoms with van der Waals surface area (Å²) in [6.45, 7) is 3.36. The number of carbonyl (C=O) groups excluding carboxylic acids is 3. The Balaban J connectivity index is 1.46. The zero-order chi connectivity index (χ0) is 16.9. The van der Waals surface area contributed by atoms with Gasteiger partial charge in [0.15, 0.2) is 5.76 Å². The minimum Gasteiger partial charge on any atom is -0.459 e. The van der Waals surface area contributed by atoms with Gasteiger partial charge in [-0.3, -0.25) is 14.4 Å². The van der Waals surface area contributed by atoms with Crippen LogP contribution in [0.3, 0.4) is 0 Å². The van der Waals surface area contributed by atoms with Crippen molar-refractivity contribution in [3.05, 3.63) is 24.2 Å². The third kappa shape index (κ3) is 3.77. The number of hydrogen-bond donors (Lipinski definition) is 0. The Bertz CT molecular complexity index is 585. The van der Waals surface area contributed by atoms with Crippen LogP contribution in [-0.4, -0.2) is 71.7 Å². The van der Waals surface area contributed by atoms with Gasteiger partial charge in [0.25, 0.3) is 5.91 Å². The SMILES string of the molecule is O=C(CC(=O)N1CCN(C(=O)c2ccco2)CC1)N1CCCCC1. The summed E-state index contributed by atoms with van der Waals surface area (Å²) >= 11 is 0. The normalized spacial score (nSPS) is 18.6. The quantitative estimate of drug-likeness (QED) is 0.773. The lowest BCUT2D eigenvalue weighted by atomic mass is 10.1. The maximum atomic E-state index is 12.3. The van der Waals surface area contributed by atoms with Crippen LogP contribution in [0.5, 0.6) is 0 Å². The summed E-state index contributed by atoms with van der Waals surface area (Å²) in [4.78, 5) is 41.8. The molecule has 130 valence electrons. The average molecular weight is 333 g/mol. The Morgan fingerprint density at radius 2 is 1.42 bits per heavy atom. The van der Waals surface area contributed by atoms with Gasteiger partial charge in [0.2, 0.25) is 11.8 Å². The maximum Gasteiger partial charge on any atom is 0.289 e. The number of hydrogen-bond acceptors (Lipinski definition) is 4. The molecule has 0 atom stereocenters. The van der Waals surface area contributed by atoms with Crippen LogP contribution in [-0.2, 0) is 9.59 Å². The highest BCUT2D eigenvalue weighted by Gasteiger charge is 2.28. The van der Waals surface area contributed by atoms with Crippen molar-refractivity contribution in [3.63, 3.8) is 0 Å². The van der Waals surface area contributed by atoms with Crippen molar-refractivity contribution in [3.8, 4) is 0 Å². The maximum absolute atomic E-state index is 12.3. The van der Waals surface area contributed by atoms with E-state index in [1.54, 1.807) is 26.8 Å². The number of carbonyl (C=O) groups is 3. The molecule has 0 bridgehead atoms. The molecule has 0 N–H and O–H groups in total. The van der Waals surface area contributed by atoms with Gasteiger partial charge in [-0.2, -0.15) is 0 Å². The highest BCUT2D eigenvalue weighted by molar-refractivity contribution is 5.97. The minimum atomic E-state index is -0.156. The highest BCUT2D eigenvalue weighted by atomic mass is 16.3.